The zero-order chi connectivity index (χ0) is 13.7. The van der Waals surface area contributed by atoms with E-state index in [0.717, 1.165) is 5.56 Å². The van der Waals surface area contributed by atoms with Gasteiger partial charge in [0.05, 0.1) is 0 Å². The minimum atomic E-state index is -0.405. The van der Waals surface area contributed by atoms with Gasteiger partial charge < -0.3 is 26.7 Å². The third-order valence-corrected chi connectivity index (χ3v) is 2.31. The Morgan fingerprint density at radius 1 is 1.44 bits per heavy atom. The lowest BCUT2D eigenvalue weighted by molar-refractivity contribution is 0.200. The van der Waals surface area contributed by atoms with Crippen molar-refractivity contribution in [2.24, 2.45) is 5.73 Å². The Morgan fingerprint density at radius 2 is 2.11 bits per heavy atom. The fourth-order valence-electron chi connectivity index (χ4n) is 1.06. The highest BCUT2D eigenvalue weighted by atomic mass is 16.2. The second-order valence-electron chi connectivity index (χ2n) is 3.68. The van der Waals surface area contributed by atoms with E-state index in [1.165, 1.54) is 11.1 Å². The van der Waals surface area contributed by atoms with Gasteiger partial charge in [0.2, 0.25) is 0 Å². The number of aromatic amines is 1. The van der Waals surface area contributed by atoms with Crippen molar-refractivity contribution in [1.82, 2.24) is 20.2 Å². The first-order valence-electron chi connectivity index (χ1n) is 5.19. The molecule has 18 heavy (non-hydrogen) atoms. The van der Waals surface area contributed by atoms with E-state index in [1.54, 1.807) is 26.2 Å². The van der Waals surface area contributed by atoms with Crippen molar-refractivity contribution in [2.75, 3.05) is 12.8 Å². The molecule has 1 unspecified atom stereocenters. The number of amides is 2. The zero-order valence-corrected chi connectivity index (χ0v) is 10.2. The summed E-state index contributed by atoms with van der Waals surface area (Å²) in [5, 5.41) is 2.49. The molecule has 2 amide bonds. The van der Waals surface area contributed by atoms with Crippen LogP contribution in [-0.4, -0.2) is 34.1 Å². The highest BCUT2D eigenvalue weighted by Crippen LogP contribution is 1.97. The van der Waals surface area contributed by atoms with E-state index in [9.17, 15) is 9.59 Å². The number of rotatable bonds is 0. The monoisotopic (exact) mass is 252 g/mol. The van der Waals surface area contributed by atoms with Crippen LogP contribution >= 0.6 is 0 Å². The number of anilines is 1. The van der Waals surface area contributed by atoms with Crippen LogP contribution in [-0.2, 0) is 0 Å². The molecular formula is C10H16N6O2. The van der Waals surface area contributed by atoms with Crippen molar-refractivity contribution >= 4 is 11.8 Å². The molecule has 1 aromatic heterocycles. The molecule has 0 saturated heterocycles. The summed E-state index contributed by atoms with van der Waals surface area (Å²) in [6.07, 6.45) is 4.51. The molecule has 8 nitrogen and oxygen atoms in total. The summed E-state index contributed by atoms with van der Waals surface area (Å²) in [5.41, 5.74) is 11.1. The predicted octanol–water partition coefficient (Wildman–Crippen LogP) is -0.900. The Hall–Kier alpha value is -2.35. The Kier molecular flexibility index (Phi) is 4.44. The third kappa shape index (κ3) is 3.59. The van der Waals surface area contributed by atoms with Crippen molar-refractivity contribution < 1.29 is 4.79 Å². The summed E-state index contributed by atoms with van der Waals surface area (Å²) in [6, 6.07) is -0.162. The number of hydrogen-bond donors (Lipinski definition) is 4. The second kappa shape index (κ2) is 5.82. The van der Waals surface area contributed by atoms with Crippen LogP contribution in [0.5, 0.6) is 0 Å². The van der Waals surface area contributed by atoms with Crippen molar-refractivity contribution in [3.8, 4) is 0 Å². The molecular weight excluding hydrogens is 236 g/mol. The number of hydrogen-bond acceptors (Lipinski definition) is 5. The molecule has 0 radical (unpaired) electrons. The summed E-state index contributed by atoms with van der Waals surface area (Å²) < 4.78 is 0. The lowest BCUT2D eigenvalue weighted by Gasteiger charge is -2.24. The minimum Gasteiger partial charge on any atom is -0.383 e. The zero-order valence-electron chi connectivity index (χ0n) is 10.2. The van der Waals surface area contributed by atoms with Crippen molar-refractivity contribution in [3.05, 3.63) is 34.5 Å². The molecule has 0 bridgehead atoms. The van der Waals surface area contributed by atoms with E-state index >= 15 is 0 Å². The number of nitrogens with two attached hydrogens (primary N) is 2. The number of aromatic nitrogens is 2. The molecule has 1 atom stereocenters. The van der Waals surface area contributed by atoms with E-state index in [1.807, 2.05) is 0 Å². The number of urea groups is 1. The average Bonchev–Trinajstić information content (AvgIpc) is 2.32. The highest BCUT2D eigenvalue weighted by Gasteiger charge is 2.15. The summed E-state index contributed by atoms with van der Waals surface area (Å²) in [7, 11) is 1.64. The van der Waals surface area contributed by atoms with Crippen molar-refractivity contribution in [3.63, 3.8) is 0 Å². The maximum absolute atomic E-state index is 10.7. The molecule has 1 aromatic rings. The number of aryl methyl sites for hydroxylation is 1. The number of nitrogens with zero attached hydrogens (tertiary/aromatic N) is 2. The molecule has 0 aliphatic carbocycles. The van der Waals surface area contributed by atoms with Gasteiger partial charge >= 0.3 is 11.7 Å². The van der Waals surface area contributed by atoms with Crippen molar-refractivity contribution in [1.29, 1.82) is 0 Å². The van der Waals surface area contributed by atoms with Crippen LogP contribution in [0.4, 0.5) is 10.6 Å². The van der Waals surface area contributed by atoms with Gasteiger partial charge in [0.15, 0.2) is 0 Å². The van der Waals surface area contributed by atoms with Gasteiger partial charge in [-0.05, 0) is 13.0 Å². The van der Waals surface area contributed by atoms with Crippen LogP contribution in [0.15, 0.2) is 23.3 Å². The smallest absolute Gasteiger partial charge is 0.346 e. The minimum absolute atomic E-state index is 0.162. The first kappa shape index (κ1) is 13.7. The quantitative estimate of drug-likeness (QED) is 0.475. The molecule has 1 aliphatic heterocycles. The molecule has 6 N–H and O–H groups in total. The van der Waals surface area contributed by atoms with Crippen molar-refractivity contribution in [2.45, 2.75) is 13.1 Å². The fraction of sp³-hybridized carbons (Fsp3) is 0.300. The maximum atomic E-state index is 10.7. The summed E-state index contributed by atoms with van der Waals surface area (Å²) in [6.45, 7) is 1.78. The van der Waals surface area contributed by atoms with Crippen LogP contribution in [0.2, 0.25) is 0 Å². The lowest BCUT2D eigenvalue weighted by atomic mass is 10.4. The van der Waals surface area contributed by atoms with Gasteiger partial charge in [-0.25, -0.2) is 9.59 Å². The van der Waals surface area contributed by atoms with E-state index in [2.05, 4.69) is 15.3 Å². The van der Waals surface area contributed by atoms with E-state index in [-0.39, 0.29) is 12.2 Å². The molecule has 0 aromatic carbocycles. The first-order valence-corrected chi connectivity index (χ1v) is 5.19. The molecule has 1 aliphatic rings. The fourth-order valence-corrected chi connectivity index (χ4v) is 1.06. The van der Waals surface area contributed by atoms with Crippen LogP contribution in [0.3, 0.4) is 0 Å². The normalized spacial score (nSPS) is 17.8. The Balaban J connectivity index is 0.000000180. The Morgan fingerprint density at radius 3 is 2.56 bits per heavy atom. The van der Waals surface area contributed by atoms with Gasteiger partial charge in [-0.2, -0.15) is 4.98 Å². The summed E-state index contributed by atoms with van der Waals surface area (Å²) in [4.78, 5) is 28.3. The van der Waals surface area contributed by atoms with Gasteiger partial charge in [-0.3, -0.25) is 0 Å². The van der Waals surface area contributed by atoms with E-state index in [0.29, 0.717) is 5.82 Å². The summed E-state index contributed by atoms with van der Waals surface area (Å²) >= 11 is 0. The van der Waals surface area contributed by atoms with Crippen LogP contribution < -0.4 is 22.5 Å². The largest absolute Gasteiger partial charge is 0.383 e. The molecule has 0 saturated carbocycles. The standard InChI is InChI=1S/C5H9N3O.C5H7N3O/c1-8-4(6)2-3-7-5(8)9;1-3-2-7-5(9)8-4(3)6/h2-4H,6H2,1H3,(H,7,9);2H,1H3,(H3,6,7,8,9). The Bertz CT molecular complexity index is 509. The first-order chi connectivity index (χ1) is 8.41. The maximum Gasteiger partial charge on any atom is 0.346 e. The number of H-pyrrole nitrogens is 1. The molecule has 8 heteroatoms. The average molecular weight is 252 g/mol. The Labute approximate surface area is 104 Å². The van der Waals surface area contributed by atoms with Crippen LogP contribution in [0, 0.1) is 6.92 Å². The highest BCUT2D eigenvalue weighted by molar-refractivity contribution is 5.76. The second-order valence-corrected chi connectivity index (χ2v) is 3.68. The lowest BCUT2D eigenvalue weighted by Crippen LogP contribution is -2.48. The topological polar surface area (TPSA) is 130 Å². The van der Waals surface area contributed by atoms with E-state index in [4.69, 9.17) is 11.5 Å². The SMILES string of the molecule is CN1C(=O)NC=CC1N.Cc1c[nH]c(=O)nc1N. The van der Waals surface area contributed by atoms with Gasteiger partial charge in [-0.15, -0.1) is 0 Å². The number of nitrogen functional groups attached to an aromatic ring is 1. The van der Waals surface area contributed by atoms with Gasteiger partial charge in [0.25, 0.3) is 0 Å². The number of likely N-dealkylation sites (N-methyl/N-ethyl adjacent to an activating group) is 1. The predicted molar refractivity (Wildman–Crippen MR) is 67.4 cm³/mol. The summed E-state index contributed by atoms with van der Waals surface area (Å²) in [5.74, 6) is 0.291. The number of nitrogens with one attached hydrogen (secondary N) is 2. The van der Waals surface area contributed by atoms with Gasteiger partial charge in [0, 0.05) is 25.0 Å². The van der Waals surface area contributed by atoms with Gasteiger partial charge in [-0.1, -0.05) is 0 Å². The molecule has 0 fully saturated rings. The van der Waals surface area contributed by atoms with Crippen LogP contribution in [0.25, 0.3) is 0 Å². The number of carbonyl (C=O) groups excluding carboxylic acids is 1. The molecule has 98 valence electrons. The number of carbonyl (C=O) groups is 1. The van der Waals surface area contributed by atoms with Gasteiger partial charge in [0.1, 0.15) is 12.0 Å². The van der Waals surface area contributed by atoms with E-state index < -0.39 is 5.69 Å². The molecule has 2 rings (SSSR count). The third-order valence-electron chi connectivity index (χ3n) is 2.31. The van der Waals surface area contributed by atoms with Crippen LogP contribution in [0.1, 0.15) is 5.56 Å². The molecule has 2 heterocycles. The molecule has 0 spiro atoms.